The number of hydrogen-bond donors (Lipinski definition) is 1. The number of carboxylic acid groups (broad SMARTS) is 1. The lowest BCUT2D eigenvalue weighted by Gasteiger charge is -2.07. The van der Waals surface area contributed by atoms with Crippen molar-refractivity contribution >= 4 is 17.7 Å². The third-order valence-electron chi connectivity index (χ3n) is 2.06. The van der Waals surface area contributed by atoms with Crippen molar-refractivity contribution in [1.82, 2.24) is 10.2 Å². The van der Waals surface area contributed by atoms with E-state index in [0.29, 0.717) is 0 Å². The summed E-state index contributed by atoms with van der Waals surface area (Å²) in [5, 5.41) is 15.9. The van der Waals surface area contributed by atoms with Gasteiger partial charge >= 0.3 is 12.6 Å². The second-order valence-corrected chi connectivity index (χ2v) is 4.36. The molecule has 6 nitrogen and oxygen atoms in total. The van der Waals surface area contributed by atoms with Gasteiger partial charge in [-0.1, -0.05) is 23.9 Å². The molecule has 106 valence electrons. The van der Waals surface area contributed by atoms with Gasteiger partial charge in [-0.25, -0.2) is 0 Å². The molecule has 0 spiro atoms. The number of thioether (sulfide) groups is 1. The first-order chi connectivity index (χ1) is 9.56. The first-order valence-corrected chi connectivity index (χ1v) is 6.27. The summed E-state index contributed by atoms with van der Waals surface area (Å²) in [6, 6.07) is 5.95. The Morgan fingerprint density at radius 1 is 1.40 bits per heavy atom. The number of benzene rings is 1. The number of hydrogen-bond acceptors (Lipinski definition) is 6. The molecular formula is C11H8F2N2O4S. The van der Waals surface area contributed by atoms with Crippen LogP contribution in [-0.2, 0) is 4.79 Å². The molecule has 0 amide bonds. The second kappa shape index (κ2) is 6.33. The quantitative estimate of drug-likeness (QED) is 0.820. The molecule has 0 aliphatic heterocycles. The molecular weight excluding hydrogens is 294 g/mol. The van der Waals surface area contributed by atoms with E-state index in [1.54, 1.807) is 6.07 Å². The molecule has 2 aromatic rings. The number of alkyl halides is 2. The highest BCUT2D eigenvalue weighted by Crippen LogP contribution is 2.31. The molecule has 1 aromatic carbocycles. The first-order valence-electron chi connectivity index (χ1n) is 5.28. The maximum Gasteiger partial charge on any atom is 0.387 e. The molecule has 2 rings (SSSR count). The van der Waals surface area contributed by atoms with Gasteiger partial charge in [0.05, 0.1) is 5.56 Å². The zero-order valence-electron chi connectivity index (χ0n) is 9.82. The molecule has 20 heavy (non-hydrogen) atoms. The van der Waals surface area contributed by atoms with E-state index in [1.165, 1.54) is 18.2 Å². The smallest absolute Gasteiger partial charge is 0.387 e. The zero-order chi connectivity index (χ0) is 14.5. The lowest BCUT2D eigenvalue weighted by Crippen LogP contribution is -2.03. The summed E-state index contributed by atoms with van der Waals surface area (Å²) < 4.78 is 34.1. The van der Waals surface area contributed by atoms with Gasteiger partial charge in [-0.05, 0) is 12.1 Å². The number of rotatable bonds is 6. The van der Waals surface area contributed by atoms with Crippen molar-refractivity contribution < 1.29 is 27.8 Å². The van der Waals surface area contributed by atoms with Gasteiger partial charge in [-0.15, -0.1) is 10.2 Å². The third kappa shape index (κ3) is 3.67. The standard InChI is InChI=1S/C11H8F2N2O4S/c12-10(13)18-7-4-2-1-3-6(7)9-14-15-11(19-9)20-5-8(16)17/h1-4,10H,5H2,(H,16,17). The maximum absolute atomic E-state index is 12.3. The van der Waals surface area contributed by atoms with E-state index < -0.39 is 12.6 Å². The van der Waals surface area contributed by atoms with Crippen molar-refractivity contribution in [3.63, 3.8) is 0 Å². The SMILES string of the molecule is O=C(O)CSc1nnc(-c2ccccc2OC(F)F)o1. The van der Waals surface area contributed by atoms with Crippen molar-refractivity contribution in [3.8, 4) is 17.2 Å². The number of halogens is 2. The molecule has 0 saturated heterocycles. The van der Waals surface area contributed by atoms with Crippen LogP contribution < -0.4 is 4.74 Å². The van der Waals surface area contributed by atoms with Crippen LogP contribution in [0.3, 0.4) is 0 Å². The summed E-state index contributed by atoms with van der Waals surface area (Å²) in [7, 11) is 0. The Morgan fingerprint density at radius 2 is 2.15 bits per heavy atom. The van der Waals surface area contributed by atoms with Crippen LogP contribution in [0.1, 0.15) is 0 Å². The van der Waals surface area contributed by atoms with Crippen molar-refractivity contribution in [1.29, 1.82) is 0 Å². The second-order valence-electron chi connectivity index (χ2n) is 3.43. The number of carbonyl (C=O) groups is 1. The Kier molecular flexibility index (Phi) is 4.51. The van der Waals surface area contributed by atoms with Gasteiger partial charge in [0.2, 0.25) is 0 Å². The third-order valence-corrected chi connectivity index (χ3v) is 2.86. The number of ether oxygens (including phenoxy) is 1. The summed E-state index contributed by atoms with van der Waals surface area (Å²) in [5.41, 5.74) is 0.211. The number of aromatic nitrogens is 2. The van der Waals surface area contributed by atoms with Crippen LogP contribution in [0.2, 0.25) is 0 Å². The molecule has 0 unspecified atom stereocenters. The van der Waals surface area contributed by atoms with E-state index in [9.17, 15) is 13.6 Å². The Morgan fingerprint density at radius 3 is 2.85 bits per heavy atom. The van der Waals surface area contributed by atoms with Crippen molar-refractivity contribution in [3.05, 3.63) is 24.3 Å². The van der Waals surface area contributed by atoms with E-state index in [-0.39, 0.29) is 28.2 Å². The minimum absolute atomic E-state index is 0.0193. The van der Waals surface area contributed by atoms with E-state index >= 15 is 0 Å². The molecule has 0 saturated carbocycles. The molecule has 0 aliphatic rings. The maximum atomic E-state index is 12.3. The fraction of sp³-hybridized carbons (Fsp3) is 0.182. The predicted molar refractivity (Wildman–Crippen MR) is 64.7 cm³/mol. The summed E-state index contributed by atoms with van der Waals surface area (Å²) >= 11 is 0.835. The highest BCUT2D eigenvalue weighted by atomic mass is 32.2. The Balaban J connectivity index is 2.21. The Bertz CT molecular complexity index is 606. The highest BCUT2D eigenvalue weighted by molar-refractivity contribution is 7.99. The number of para-hydroxylation sites is 1. The average molecular weight is 302 g/mol. The molecule has 1 N–H and O–H groups in total. The van der Waals surface area contributed by atoms with Crippen LogP contribution in [0.15, 0.2) is 33.9 Å². The van der Waals surface area contributed by atoms with E-state index in [0.717, 1.165) is 11.8 Å². The normalized spacial score (nSPS) is 10.8. The van der Waals surface area contributed by atoms with Crippen molar-refractivity contribution in [2.24, 2.45) is 0 Å². The molecule has 0 atom stereocenters. The van der Waals surface area contributed by atoms with Crippen molar-refractivity contribution in [2.75, 3.05) is 5.75 Å². The summed E-state index contributed by atoms with van der Waals surface area (Å²) in [5.74, 6) is -1.39. The van der Waals surface area contributed by atoms with E-state index in [2.05, 4.69) is 14.9 Å². The molecule has 9 heteroatoms. The number of nitrogens with zero attached hydrogens (tertiary/aromatic N) is 2. The molecule has 1 aromatic heterocycles. The summed E-state index contributed by atoms with van der Waals surface area (Å²) in [4.78, 5) is 10.4. The van der Waals surface area contributed by atoms with Crippen LogP contribution in [0.25, 0.3) is 11.5 Å². The van der Waals surface area contributed by atoms with Crippen LogP contribution in [-0.4, -0.2) is 33.6 Å². The molecule has 1 heterocycles. The highest BCUT2D eigenvalue weighted by Gasteiger charge is 2.16. The predicted octanol–water partition coefficient (Wildman–Crippen LogP) is 2.51. The van der Waals surface area contributed by atoms with Crippen LogP contribution >= 0.6 is 11.8 Å². The van der Waals surface area contributed by atoms with Gasteiger partial charge < -0.3 is 14.3 Å². The lowest BCUT2D eigenvalue weighted by atomic mass is 10.2. The van der Waals surface area contributed by atoms with Crippen LogP contribution in [0.5, 0.6) is 5.75 Å². The first kappa shape index (κ1) is 14.3. The monoisotopic (exact) mass is 302 g/mol. The van der Waals surface area contributed by atoms with E-state index in [4.69, 9.17) is 9.52 Å². The van der Waals surface area contributed by atoms with Gasteiger partial charge in [-0.3, -0.25) is 4.79 Å². The molecule has 0 aliphatic carbocycles. The van der Waals surface area contributed by atoms with Gasteiger partial charge in [0.1, 0.15) is 11.5 Å². The van der Waals surface area contributed by atoms with E-state index in [1.807, 2.05) is 0 Å². The van der Waals surface area contributed by atoms with Crippen LogP contribution in [0, 0.1) is 0 Å². The number of aliphatic carboxylic acids is 1. The van der Waals surface area contributed by atoms with Crippen LogP contribution in [0.4, 0.5) is 8.78 Å². The van der Waals surface area contributed by atoms with Gasteiger partial charge in [0.25, 0.3) is 11.1 Å². The van der Waals surface area contributed by atoms with Gasteiger partial charge in [-0.2, -0.15) is 8.78 Å². The average Bonchev–Trinajstić information content (AvgIpc) is 2.85. The summed E-state index contributed by atoms with van der Waals surface area (Å²) in [6.07, 6.45) is 0. The lowest BCUT2D eigenvalue weighted by molar-refractivity contribution is -0.133. The molecule has 0 radical (unpaired) electrons. The fourth-order valence-electron chi connectivity index (χ4n) is 1.34. The Labute approximate surface area is 115 Å². The largest absolute Gasteiger partial charge is 0.481 e. The topological polar surface area (TPSA) is 85.5 Å². The fourth-order valence-corrected chi connectivity index (χ4v) is 1.83. The molecule has 0 bridgehead atoms. The minimum Gasteiger partial charge on any atom is -0.481 e. The van der Waals surface area contributed by atoms with Crippen molar-refractivity contribution in [2.45, 2.75) is 11.8 Å². The minimum atomic E-state index is -2.97. The summed E-state index contributed by atoms with van der Waals surface area (Å²) in [6.45, 7) is -2.97. The van der Waals surface area contributed by atoms with Gasteiger partial charge in [0, 0.05) is 0 Å². The zero-order valence-corrected chi connectivity index (χ0v) is 10.6. The molecule has 0 fully saturated rings. The number of carboxylic acids is 1. The Hall–Kier alpha value is -2.16. The van der Waals surface area contributed by atoms with Gasteiger partial charge in [0.15, 0.2) is 0 Å².